The second-order valence-corrected chi connectivity index (χ2v) is 7.26. The molecule has 5 nitrogen and oxygen atoms in total. The minimum atomic E-state index is -3.69. The van der Waals surface area contributed by atoms with E-state index >= 15 is 0 Å². The monoisotopic (exact) mass is 331 g/mol. The van der Waals surface area contributed by atoms with E-state index in [1.165, 1.54) is 11.4 Å². The van der Waals surface area contributed by atoms with Gasteiger partial charge < -0.3 is 4.74 Å². The molecule has 0 spiro atoms. The zero-order valence-electron chi connectivity index (χ0n) is 12.9. The van der Waals surface area contributed by atoms with Crippen molar-refractivity contribution in [1.29, 1.82) is 0 Å². The van der Waals surface area contributed by atoms with Crippen LogP contribution in [0.15, 0.2) is 53.4 Å². The molecule has 0 saturated carbocycles. The molecule has 2 aromatic rings. The first-order valence-electron chi connectivity index (χ1n) is 7.22. The third-order valence-corrected chi connectivity index (χ3v) is 5.85. The number of sulfonamides is 1. The van der Waals surface area contributed by atoms with Crippen LogP contribution in [0.5, 0.6) is 0 Å². The molecule has 6 heteroatoms. The molecule has 23 heavy (non-hydrogen) atoms. The van der Waals surface area contributed by atoms with Crippen LogP contribution in [-0.4, -0.2) is 21.5 Å². The lowest BCUT2D eigenvalue weighted by Crippen LogP contribution is -2.29. The first-order valence-corrected chi connectivity index (χ1v) is 8.66. The Hall–Kier alpha value is -2.34. The van der Waals surface area contributed by atoms with Gasteiger partial charge in [0.05, 0.1) is 30.2 Å². The van der Waals surface area contributed by atoms with Gasteiger partial charge in [-0.25, -0.2) is 8.42 Å². The van der Waals surface area contributed by atoms with Crippen LogP contribution in [0, 0.1) is 6.92 Å². The smallest absolute Gasteiger partial charge is 0.307 e. The van der Waals surface area contributed by atoms with Crippen LogP contribution in [-0.2, 0) is 19.6 Å². The number of nitrogens with zero attached hydrogens (tertiary/aromatic N) is 1. The molecule has 1 heterocycles. The van der Waals surface area contributed by atoms with Crippen molar-refractivity contribution in [2.75, 3.05) is 11.4 Å². The second-order valence-electron chi connectivity index (χ2n) is 5.47. The van der Waals surface area contributed by atoms with Crippen LogP contribution >= 0.6 is 0 Å². The van der Waals surface area contributed by atoms with E-state index in [4.69, 9.17) is 4.74 Å². The van der Waals surface area contributed by atoms with E-state index < -0.39 is 22.0 Å². The number of ether oxygens (including phenoxy) is 1. The maximum Gasteiger partial charge on any atom is 0.307 e. The molecule has 1 aliphatic heterocycles. The van der Waals surface area contributed by atoms with Crippen LogP contribution in [0.4, 0.5) is 5.69 Å². The molecule has 0 bridgehead atoms. The van der Waals surface area contributed by atoms with Gasteiger partial charge in [-0.1, -0.05) is 30.3 Å². The van der Waals surface area contributed by atoms with E-state index in [1.54, 1.807) is 42.5 Å². The van der Waals surface area contributed by atoms with Crippen molar-refractivity contribution in [3.8, 4) is 0 Å². The van der Waals surface area contributed by atoms with E-state index in [0.29, 0.717) is 11.3 Å². The molecule has 3 rings (SSSR count). The van der Waals surface area contributed by atoms with E-state index in [2.05, 4.69) is 0 Å². The first kappa shape index (κ1) is 15.6. The molecule has 0 fully saturated rings. The van der Waals surface area contributed by atoms with Gasteiger partial charge in [0, 0.05) is 0 Å². The summed E-state index contributed by atoms with van der Waals surface area (Å²) in [5, 5.41) is 0. The predicted molar refractivity (Wildman–Crippen MR) is 86.7 cm³/mol. The summed E-state index contributed by atoms with van der Waals surface area (Å²) in [4.78, 5) is 12.0. The lowest BCUT2D eigenvalue weighted by atomic mass is 10.0. The summed E-state index contributed by atoms with van der Waals surface area (Å²) in [5.74, 6) is -0.445. The van der Waals surface area contributed by atoms with Gasteiger partial charge >= 0.3 is 5.97 Å². The molecular formula is C17H17NO4S. The summed E-state index contributed by atoms with van der Waals surface area (Å²) >= 11 is 0. The lowest BCUT2D eigenvalue weighted by Gasteiger charge is -2.25. The van der Waals surface area contributed by atoms with Gasteiger partial charge in [-0.05, 0) is 36.2 Å². The van der Waals surface area contributed by atoms with Crippen LogP contribution < -0.4 is 4.31 Å². The number of aryl methyl sites for hydroxylation is 1. The minimum Gasteiger partial charge on any atom is -0.469 e. The maximum atomic E-state index is 13.0. The number of fused-ring (bicyclic) bond motifs is 1. The van der Waals surface area contributed by atoms with Gasteiger partial charge in [0.25, 0.3) is 10.0 Å². The largest absolute Gasteiger partial charge is 0.469 e. The molecule has 0 radical (unpaired) electrons. The maximum absolute atomic E-state index is 13.0. The van der Waals surface area contributed by atoms with E-state index in [1.807, 2.05) is 13.0 Å². The zero-order valence-corrected chi connectivity index (χ0v) is 13.7. The van der Waals surface area contributed by atoms with Crippen molar-refractivity contribution in [3.05, 3.63) is 59.7 Å². The molecule has 1 unspecified atom stereocenters. The van der Waals surface area contributed by atoms with Crippen LogP contribution in [0.1, 0.15) is 23.6 Å². The number of anilines is 1. The Labute approximate surface area is 135 Å². The molecule has 0 aromatic heterocycles. The predicted octanol–water partition coefficient (Wildman–Crippen LogP) is 2.81. The molecule has 0 aliphatic carbocycles. The number of carbonyl (C=O) groups excluding carboxylic acids is 1. The highest BCUT2D eigenvalue weighted by Crippen LogP contribution is 2.44. The van der Waals surface area contributed by atoms with Crippen molar-refractivity contribution in [2.45, 2.75) is 24.3 Å². The molecule has 0 N–H and O–H groups in total. The number of methoxy groups -OCH3 is 1. The quantitative estimate of drug-likeness (QED) is 0.811. The fourth-order valence-electron chi connectivity index (χ4n) is 2.91. The van der Waals surface area contributed by atoms with Crippen molar-refractivity contribution in [1.82, 2.24) is 0 Å². The van der Waals surface area contributed by atoms with E-state index in [9.17, 15) is 13.2 Å². The first-order chi connectivity index (χ1) is 10.9. The average Bonchev–Trinajstić information content (AvgIpc) is 2.75. The van der Waals surface area contributed by atoms with Crippen molar-refractivity contribution >= 4 is 21.7 Å². The number of esters is 1. The number of hydrogen-bond donors (Lipinski definition) is 0. The van der Waals surface area contributed by atoms with Crippen LogP contribution in [0.25, 0.3) is 0 Å². The Kier molecular flexibility index (Phi) is 3.85. The van der Waals surface area contributed by atoms with E-state index in [-0.39, 0.29) is 11.3 Å². The Morgan fingerprint density at radius 2 is 1.91 bits per heavy atom. The molecular weight excluding hydrogens is 314 g/mol. The summed E-state index contributed by atoms with van der Waals surface area (Å²) in [7, 11) is -2.39. The Morgan fingerprint density at radius 3 is 2.61 bits per heavy atom. The number of carbonyl (C=O) groups is 1. The van der Waals surface area contributed by atoms with Crippen molar-refractivity contribution < 1.29 is 17.9 Å². The van der Waals surface area contributed by atoms with Gasteiger partial charge in [-0.3, -0.25) is 9.10 Å². The van der Waals surface area contributed by atoms with Gasteiger partial charge in [0.2, 0.25) is 0 Å². The second kappa shape index (κ2) is 5.70. The standard InChI is InChI=1S/C17H17NO4S/c1-12-6-5-7-13(10-12)18-15(11-17(19)22-2)14-8-3-4-9-16(14)23(18,20)21/h3-10,15H,11H2,1-2H3. The Bertz CT molecular complexity index is 860. The average molecular weight is 331 g/mol. The summed E-state index contributed by atoms with van der Waals surface area (Å²) in [5.41, 5.74) is 2.12. The Morgan fingerprint density at radius 1 is 1.17 bits per heavy atom. The fraction of sp³-hybridized carbons (Fsp3) is 0.235. The van der Waals surface area contributed by atoms with Gasteiger partial charge in [-0.15, -0.1) is 0 Å². The number of hydrogen-bond acceptors (Lipinski definition) is 4. The third-order valence-electron chi connectivity index (χ3n) is 3.94. The fourth-order valence-corrected chi connectivity index (χ4v) is 4.79. The highest BCUT2D eigenvalue weighted by Gasteiger charge is 2.43. The molecule has 0 amide bonds. The third kappa shape index (κ3) is 2.59. The molecule has 120 valence electrons. The van der Waals surface area contributed by atoms with Crippen LogP contribution in [0.3, 0.4) is 0 Å². The topological polar surface area (TPSA) is 63.7 Å². The summed E-state index contributed by atoms with van der Waals surface area (Å²) in [6.07, 6.45) is -0.0271. The Balaban J connectivity index is 2.17. The van der Waals surface area contributed by atoms with Gasteiger partial charge in [-0.2, -0.15) is 0 Å². The van der Waals surface area contributed by atoms with E-state index in [0.717, 1.165) is 5.56 Å². The lowest BCUT2D eigenvalue weighted by molar-refractivity contribution is -0.141. The molecule has 1 aliphatic rings. The summed E-state index contributed by atoms with van der Waals surface area (Å²) in [6, 6.07) is 13.4. The molecule has 2 aromatic carbocycles. The normalized spacial score (nSPS) is 18.5. The van der Waals surface area contributed by atoms with Crippen LogP contribution in [0.2, 0.25) is 0 Å². The number of benzene rings is 2. The van der Waals surface area contributed by atoms with Crippen molar-refractivity contribution in [2.24, 2.45) is 0 Å². The number of rotatable bonds is 3. The highest BCUT2D eigenvalue weighted by atomic mass is 32.2. The summed E-state index contributed by atoms with van der Waals surface area (Å²) < 4.78 is 32.0. The van der Waals surface area contributed by atoms with Gasteiger partial charge in [0.1, 0.15) is 0 Å². The molecule has 1 atom stereocenters. The minimum absolute atomic E-state index is 0.0271. The van der Waals surface area contributed by atoms with Gasteiger partial charge in [0.15, 0.2) is 0 Å². The summed E-state index contributed by atoms with van der Waals surface area (Å²) in [6.45, 7) is 1.90. The van der Waals surface area contributed by atoms with Crippen molar-refractivity contribution in [3.63, 3.8) is 0 Å². The zero-order chi connectivity index (χ0) is 16.6. The molecule has 0 saturated heterocycles. The SMILES string of the molecule is COC(=O)CC1c2ccccc2S(=O)(=O)N1c1cccc(C)c1. The highest BCUT2D eigenvalue weighted by molar-refractivity contribution is 7.93.